The second-order valence-electron chi connectivity index (χ2n) is 3.70. The van der Waals surface area contributed by atoms with Gasteiger partial charge in [0.05, 0.1) is 0 Å². The highest BCUT2D eigenvalue weighted by Gasteiger charge is 1.93. The summed E-state index contributed by atoms with van der Waals surface area (Å²) in [6.45, 7) is 6.60. The van der Waals surface area contributed by atoms with Crippen LogP contribution in [0.15, 0.2) is 24.5 Å². The van der Waals surface area contributed by atoms with Gasteiger partial charge in [-0.15, -0.1) is 0 Å². The Morgan fingerprint density at radius 3 is 2.62 bits per heavy atom. The van der Waals surface area contributed by atoms with Gasteiger partial charge in [-0.2, -0.15) is 0 Å². The lowest BCUT2D eigenvalue weighted by molar-refractivity contribution is 0.554. The first-order valence-corrected chi connectivity index (χ1v) is 4.88. The predicted molar refractivity (Wildman–Crippen MR) is 55.6 cm³/mol. The molecule has 1 aromatic rings. The molecular weight excluding hydrogens is 160 g/mol. The molecule has 2 heteroatoms. The second-order valence-corrected chi connectivity index (χ2v) is 3.70. The Hall–Kier alpha value is -0.890. The lowest BCUT2D eigenvalue weighted by Crippen LogP contribution is -2.22. The number of rotatable bonds is 5. The van der Waals surface area contributed by atoms with Gasteiger partial charge >= 0.3 is 0 Å². The van der Waals surface area contributed by atoms with E-state index in [1.165, 1.54) is 5.56 Å². The van der Waals surface area contributed by atoms with Crippen LogP contribution >= 0.6 is 0 Å². The Bertz CT molecular complexity index is 219. The van der Waals surface area contributed by atoms with Gasteiger partial charge in [-0.25, -0.2) is 0 Å². The van der Waals surface area contributed by atoms with Gasteiger partial charge in [0.1, 0.15) is 0 Å². The molecule has 0 atom stereocenters. The Labute approximate surface area is 80.4 Å². The third-order valence-electron chi connectivity index (χ3n) is 1.89. The van der Waals surface area contributed by atoms with Gasteiger partial charge in [-0.1, -0.05) is 13.8 Å². The fraction of sp³-hybridized carbons (Fsp3) is 0.545. The largest absolute Gasteiger partial charge is 0.316 e. The lowest BCUT2D eigenvalue weighted by atomic mass is 10.2. The number of nitrogens with zero attached hydrogens (tertiary/aromatic N) is 1. The highest BCUT2D eigenvalue weighted by molar-refractivity contribution is 5.09. The molecule has 0 bridgehead atoms. The maximum Gasteiger partial charge on any atom is 0.0270 e. The Morgan fingerprint density at radius 1 is 1.31 bits per heavy atom. The third kappa shape index (κ3) is 4.63. The van der Waals surface area contributed by atoms with Gasteiger partial charge in [0, 0.05) is 12.4 Å². The van der Waals surface area contributed by atoms with Crippen molar-refractivity contribution in [2.24, 2.45) is 5.92 Å². The van der Waals surface area contributed by atoms with Crippen molar-refractivity contribution in [3.63, 3.8) is 0 Å². The van der Waals surface area contributed by atoms with Crippen molar-refractivity contribution < 1.29 is 0 Å². The molecule has 1 rings (SSSR count). The van der Waals surface area contributed by atoms with Gasteiger partial charge in [-0.05, 0) is 43.1 Å². The van der Waals surface area contributed by atoms with Crippen LogP contribution in [0.25, 0.3) is 0 Å². The minimum Gasteiger partial charge on any atom is -0.316 e. The van der Waals surface area contributed by atoms with Crippen LogP contribution in [0.2, 0.25) is 0 Å². The van der Waals surface area contributed by atoms with Crippen molar-refractivity contribution in [3.8, 4) is 0 Å². The summed E-state index contributed by atoms with van der Waals surface area (Å²) >= 11 is 0. The van der Waals surface area contributed by atoms with Crippen LogP contribution in [0.3, 0.4) is 0 Å². The number of nitrogens with one attached hydrogen (secondary N) is 1. The Kier molecular flexibility index (Phi) is 4.47. The van der Waals surface area contributed by atoms with Crippen molar-refractivity contribution >= 4 is 0 Å². The summed E-state index contributed by atoms with van der Waals surface area (Å²) in [4.78, 5) is 3.98. The van der Waals surface area contributed by atoms with E-state index in [1.807, 2.05) is 12.4 Å². The molecule has 0 spiro atoms. The average Bonchev–Trinajstić information content (AvgIpc) is 2.14. The molecule has 0 amide bonds. The van der Waals surface area contributed by atoms with Crippen LogP contribution in [0.1, 0.15) is 19.4 Å². The summed E-state index contributed by atoms with van der Waals surface area (Å²) < 4.78 is 0. The maximum absolute atomic E-state index is 3.98. The molecule has 72 valence electrons. The van der Waals surface area contributed by atoms with Crippen LogP contribution < -0.4 is 5.32 Å². The highest BCUT2D eigenvalue weighted by atomic mass is 14.8. The molecule has 2 nitrogen and oxygen atoms in total. The molecule has 0 unspecified atom stereocenters. The van der Waals surface area contributed by atoms with Crippen LogP contribution in [0.4, 0.5) is 0 Å². The average molecular weight is 178 g/mol. The van der Waals surface area contributed by atoms with E-state index in [4.69, 9.17) is 0 Å². The van der Waals surface area contributed by atoms with Crippen molar-refractivity contribution in [2.75, 3.05) is 13.1 Å². The lowest BCUT2D eigenvalue weighted by Gasteiger charge is -2.06. The van der Waals surface area contributed by atoms with E-state index in [1.54, 1.807) is 0 Å². The number of hydrogen-bond donors (Lipinski definition) is 1. The van der Waals surface area contributed by atoms with Crippen LogP contribution in [-0.2, 0) is 6.42 Å². The fourth-order valence-electron chi connectivity index (χ4n) is 1.17. The van der Waals surface area contributed by atoms with E-state index in [0.29, 0.717) is 0 Å². The maximum atomic E-state index is 3.98. The second kappa shape index (κ2) is 5.70. The molecule has 1 aromatic heterocycles. The monoisotopic (exact) mass is 178 g/mol. The molecule has 13 heavy (non-hydrogen) atoms. The first-order valence-electron chi connectivity index (χ1n) is 4.88. The van der Waals surface area contributed by atoms with Crippen LogP contribution in [0.5, 0.6) is 0 Å². The molecule has 0 aromatic carbocycles. The summed E-state index contributed by atoms with van der Waals surface area (Å²) in [6.07, 6.45) is 4.78. The molecule has 0 saturated carbocycles. The van der Waals surface area contributed by atoms with E-state index in [0.717, 1.165) is 25.4 Å². The molecule has 0 aliphatic carbocycles. The van der Waals surface area contributed by atoms with Crippen LogP contribution in [0, 0.1) is 5.92 Å². The zero-order chi connectivity index (χ0) is 9.52. The zero-order valence-corrected chi connectivity index (χ0v) is 8.46. The van der Waals surface area contributed by atoms with E-state index in [2.05, 4.69) is 36.3 Å². The molecule has 0 aliphatic heterocycles. The van der Waals surface area contributed by atoms with Crippen molar-refractivity contribution in [1.82, 2.24) is 10.3 Å². The fourth-order valence-corrected chi connectivity index (χ4v) is 1.17. The molecule has 0 aliphatic rings. The van der Waals surface area contributed by atoms with E-state index in [9.17, 15) is 0 Å². The van der Waals surface area contributed by atoms with E-state index >= 15 is 0 Å². The zero-order valence-electron chi connectivity index (χ0n) is 8.46. The summed E-state index contributed by atoms with van der Waals surface area (Å²) in [5, 5.41) is 3.41. The molecule has 1 N–H and O–H groups in total. The standard InChI is InChI=1S/C11H18N2/c1-10(2)9-13-8-5-11-3-6-12-7-4-11/h3-4,6-7,10,13H,5,8-9H2,1-2H3. The summed E-state index contributed by atoms with van der Waals surface area (Å²) in [5.41, 5.74) is 1.35. The summed E-state index contributed by atoms with van der Waals surface area (Å²) in [5.74, 6) is 0.734. The molecule has 1 heterocycles. The van der Waals surface area contributed by atoms with Gasteiger partial charge < -0.3 is 5.32 Å². The first kappa shape index (κ1) is 10.2. The van der Waals surface area contributed by atoms with Gasteiger partial charge in [0.15, 0.2) is 0 Å². The topological polar surface area (TPSA) is 24.9 Å². The first-order chi connectivity index (χ1) is 6.29. The van der Waals surface area contributed by atoms with Crippen molar-refractivity contribution in [2.45, 2.75) is 20.3 Å². The summed E-state index contributed by atoms with van der Waals surface area (Å²) in [7, 11) is 0. The van der Waals surface area contributed by atoms with Gasteiger partial charge in [0.25, 0.3) is 0 Å². The third-order valence-corrected chi connectivity index (χ3v) is 1.89. The quantitative estimate of drug-likeness (QED) is 0.696. The normalized spacial score (nSPS) is 10.7. The van der Waals surface area contributed by atoms with Gasteiger partial charge in [-0.3, -0.25) is 4.98 Å². The Morgan fingerprint density at radius 2 is 2.00 bits per heavy atom. The molecule has 0 saturated heterocycles. The smallest absolute Gasteiger partial charge is 0.0270 e. The number of pyridine rings is 1. The number of hydrogen-bond acceptors (Lipinski definition) is 2. The highest BCUT2D eigenvalue weighted by Crippen LogP contribution is 1.96. The van der Waals surface area contributed by atoms with Crippen LogP contribution in [-0.4, -0.2) is 18.1 Å². The van der Waals surface area contributed by atoms with Gasteiger partial charge in [0.2, 0.25) is 0 Å². The molecular formula is C11H18N2. The minimum absolute atomic E-state index is 0.734. The molecule has 0 fully saturated rings. The minimum atomic E-state index is 0.734. The van der Waals surface area contributed by atoms with E-state index < -0.39 is 0 Å². The molecule has 0 radical (unpaired) electrons. The van der Waals surface area contributed by atoms with Crippen molar-refractivity contribution in [1.29, 1.82) is 0 Å². The van der Waals surface area contributed by atoms with Crippen molar-refractivity contribution in [3.05, 3.63) is 30.1 Å². The summed E-state index contributed by atoms with van der Waals surface area (Å²) in [6, 6.07) is 4.13. The van der Waals surface area contributed by atoms with E-state index in [-0.39, 0.29) is 0 Å². The SMILES string of the molecule is CC(C)CNCCc1ccncc1. The predicted octanol–water partition coefficient (Wildman–Crippen LogP) is 1.87. The number of aromatic nitrogens is 1. The Balaban J connectivity index is 2.13.